The van der Waals surface area contributed by atoms with Gasteiger partial charge in [-0.15, -0.1) is 11.3 Å². The summed E-state index contributed by atoms with van der Waals surface area (Å²) < 4.78 is 4.70. The number of rotatable bonds is 7. The van der Waals surface area contributed by atoms with Crippen LogP contribution in [-0.2, 0) is 17.7 Å². The third-order valence-corrected chi connectivity index (χ3v) is 4.26. The minimum absolute atomic E-state index is 0.310. The molecular weight excluding hydrogens is 322 g/mol. The van der Waals surface area contributed by atoms with Crippen molar-refractivity contribution < 1.29 is 9.53 Å². The van der Waals surface area contributed by atoms with E-state index < -0.39 is 0 Å². The average Bonchev–Trinajstić information content (AvgIpc) is 3.13. The highest BCUT2D eigenvalue weighted by Crippen LogP contribution is 2.09. The van der Waals surface area contributed by atoms with Gasteiger partial charge in [-0.3, -0.25) is 0 Å². The smallest absolute Gasteiger partial charge is 0.337 e. The number of hydrogen-bond acceptors (Lipinski definition) is 4. The summed E-state index contributed by atoms with van der Waals surface area (Å²) in [6.45, 7) is 4.33. The molecule has 0 aliphatic heterocycles. The Kier molecular flexibility index (Phi) is 7.29. The van der Waals surface area contributed by atoms with Gasteiger partial charge in [0.1, 0.15) is 0 Å². The summed E-state index contributed by atoms with van der Waals surface area (Å²) in [5, 5.41) is 8.64. The second-order valence-electron chi connectivity index (χ2n) is 5.14. The summed E-state index contributed by atoms with van der Waals surface area (Å²) in [7, 11) is 1.39. The lowest BCUT2D eigenvalue weighted by molar-refractivity contribution is 0.0600. The van der Waals surface area contributed by atoms with Crippen molar-refractivity contribution in [2.45, 2.75) is 19.9 Å². The summed E-state index contributed by atoms with van der Waals surface area (Å²) >= 11 is 1.71. The number of aliphatic imine (C=N–C) groups is 1. The number of thiophene rings is 1. The minimum atomic E-state index is -0.310. The van der Waals surface area contributed by atoms with Crippen LogP contribution in [-0.4, -0.2) is 32.1 Å². The fraction of sp³-hybridized carbons (Fsp3) is 0.333. The van der Waals surface area contributed by atoms with E-state index >= 15 is 0 Å². The van der Waals surface area contributed by atoms with Crippen LogP contribution in [0.25, 0.3) is 0 Å². The van der Waals surface area contributed by atoms with E-state index in [4.69, 9.17) is 4.74 Å². The number of nitrogens with one attached hydrogen (secondary N) is 2. The van der Waals surface area contributed by atoms with Crippen LogP contribution < -0.4 is 10.6 Å². The molecule has 5 nitrogen and oxygen atoms in total. The van der Waals surface area contributed by atoms with Crippen molar-refractivity contribution in [2.75, 3.05) is 20.2 Å². The molecule has 0 unspecified atom stereocenters. The first-order valence-corrected chi connectivity index (χ1v) is 8.82. The Morgan fingerprint density at radius 1 is 1.21 bits per heavy atom. The number of nitrogens with zero attached hydrogens (tertiary/aromatic N) is 1. The van der Waals surface area contributed by atoms with Crippen LogP contribution in [0, 0.1) is 0 Å². The molecule has 0 saturated carbocycles. The third kappa shape index (κ3) is 5.70. The van der Waals surface area contributed by atoms with E-state index in [0.717, 1.165) is 31.0 Å². The second-order valence-corrected chi connectivity index (χ2v) is 6.17. The van der Waals surface area contributed by atoms with Crippen LogP contribution in [0.5, 0.6) is 0 Å². The Morgan fingerprint density at radius 2 is 2.00 bits per heavy atom. The third-order valence-electron chi connectivity index (χ3n) is 3.40. The van der Waals surface area contributed by atoms with Gasteiger partial charge in [-0.2, -0.15) is 0 Å². The van der Waals surface area contributed by atoms with E-state index in [0.29, 0.717) is 12.1 Å². The van der Waals surface area contributed by atoms with Gasteiger partial charge in [0.05, 0.1) is 19.2 Å². The highest BCUT2D eigenvalue weighted by molar-refractivity contribution is 7.09. The van der Waals surface area contributed by atoms with Crippen molar-refractivity contribution in [2.24, 2.45) is 4.99 Å². The van der Waals surface area contributed by atoms with Crippen molar-refractivity contribution in [3.63, 3.8) is 0 Å². The lowest BCUT2D eigenvalue weighted by atomic mass is 10.1. The summed E-state index contributed by atoms with van der Waals surface area (Å²) in [4.78, 5) is 17.2. The molecule has 0 spiro atoms. The molecule has 1 aromatic heterocycles. The number of methoxy groups -OCH3 is 1. The maximum Gasteiger partial charge on any atom is 0.337 e. The molecule has 0 atom stereocenters. The maximum atomic E-state index is 11.4. The highest BCUT2D eigenvalue weighted by Gasteiger charge is 2.04. The standard InChI is InChI=1S/C18H23N3O2S/c1-3-19-18(21-13-16-5-4-12-24-16)20-11-10-14-6-8-15(9-7-14)17(22)23-2/h4-9,12H,3,10-11,13H2,1-2H3,(H2,19,20,21). The van der Waals surface area contributed by atoms with Crippen LogP contribution in [0.3, 0.4) is 0 Å². The SMILES string of the molecule is CCNC(=NCc1cccs1)NCCc1ccc(C(=O)OC)cc1. The van der Waals surface area contributed by atoms with Crippen LogP contribution in [0.4, 0.5) is 0 Å². The Hall–Kier alpha value is -2.34. The van der Waals surface area contributed by atoms with Gasteiger partial charge >= 0.3 is 5.97 Å². The van der Waals surface area contributed by atoms with Crippen LogP contribution in [0.2, 0.25) is 0 Å². The van der Waals surface area contributed by atoms with Crippen LogP contribution in [0.15, 0.2) is 46.8 Å². The summed E-state index contributed by atoms with van der Waals surface area (Å²) in [5.41, 5.74) is 1.73. The molecule has 6 heteroatoms. The number of benzene rings is 1. The lowest BCUT2D eigenvalue weighted by Gasteiger charge is -2.11. The summed E-state index contributed by atoms with van der Waals surface area (Å²) in [6, 6.07) is 11.6. The van der Waals surface area contributed by atoms with Gasteiger partial charge in [-0.25, -0.2) is 9.79 Å². The number of carbonyl (C=O) groups excluding carboxylic acids is 1. The number of ether oxygens (including phenoxy) is 1. The minimum Gasteiger partial charge on any atom is -0.465 e. The van der Waals surface area contributed by atoms with Gasteiger partial charge in [-0.05, 0) is 42.5 Å². The first-order chi connectivity index (χ1) is 11.7. The molecule has 2 rings (SSSR count). The zero-order valence-electron chi connectivity index (χ0n) is 14.0. The molecule has 128 valence electrons. The Morgan fingerprint density at radius 3 is 2.62 bits per heavy atom. The number of carbonyl (C=O) groups is 1. The van der Waals surface area contributed by atoms with E-state index in [1.54, 1.807) is 23.5 Å². The van der Waals surface area contributed by atoms with Crippen molar-refractivity contribution in [3.8, 4) is 0 Å². The second kappa shape index (κ2) is 9.72. The number of esters is 1. The summed E-state index contributed by atoms with van der Waals surface area (Å²) in [6.07, 6.45) is 0.852. The van der Waals surface area contributed by atoms with E-state index in [1.165, 1.54) is 12.0 Å². The molecule has 24 heavy (non-hydrogen) atoms. The van der Waals surface area contributed by atoms with E-state index in [2.05, 4.69) is 27.1 Å². The normalized spacial score (nSPS) is 11.2. The molecule has 2 N–H and O–H groups in total. The van der Waals surface area contributed by atoms with Gasteiger partial charge in [0.15, 0.2) is 5.96 Å². The molecule has 0 bridgehead atoms. The van der Waals surface area contributed by atoms with Gasteiger partial charge in [0.2, 0.25) is 0 Å². The van der Waals surface area contributed by atoms with E-state index in [1.807, 2.05) is 25.1 Å². The summed E-state index contributed by atoms with van der Waals surface area (Å²) in [5.74, 6) is 0.506. The topological polar surface area (TPSA) is 62.7 Å². The monoisotopic (exact) mass is 345 g/mol. The van der Waals surface area contributed by atoms with Gasteiger partial charge in [0, 0.05) is 18.0 Å². The average molecular weight is 345 g/mol. The fourth-order valence-corrected chi connectivity index (χ4v) is 2.78. The van der Waals surface area contributed by atoms with Gasteiger partial charge in [0.25, 0.3) is 0 Å². The molecule has 1 heterocycles. The molecule has 0 amide bonds. The lowest BCUT2D eigenvalue weighted by Crippen LogP contribution is -2.38. The predicted octanol–water partition coefficient (Wildman–Crippen LogP) is 2.83. The Balaban J connectivity index is 1.83. The zero-order chi connectivity index (χ0) is 17.2. The molecule has 2 aromatic rings. The predicted molar refractivity (Wildman–Crippen MR) is 98.6 cm³/mol. The molecule has 0 saturated heterocycles. The van der Waals surface area contributed by atoms with Gasteiger partial charge in [-0.1, -0.05) is 18.2 Å². The van der Waals surface area contributed by atoms with Crippen molar-refractivity contribution in [1.82, 2.24) is 10.6 Å². The Bertz CT molecular complexity index is 651. The molecular formula is C18H23N3O2S. The number of guanidine groups is 1. The largest absolute Gasteiger partial charge is 0.465 e. The van der Waals surface area contributed by atoms with Crippen molar-refractivity contribution in [1.29, 1.82) is 0 Å². The zero-order valence-corrected chi connectivity index (χ0v) is 14.9. The van der Waals surface area contributed by atoms with Crippen LogP contribution in [0.1, 0.15) is 27.7 Å². The number of hydrogen-bond donors (Lipinski definition) is 2. The molecule has 0 aliphatic carbocycles. The highest BCUT2D eigenvalue weighted by atomic mass is 32.1. The van der Waals surface area contributed by atoms with Crippen LogP contribution >= 0.6 is 11.3 Å². The molecule has 0 fully saturated rings. The maximum absolute atomic E-state index is 11.4. The fourth-order valence-electron chi connectivity index (χ4n) is 2.15. The quantitative estimate of drug-likeness (QED) is 0.460. The first kappa shape index (κ1) is 18.0. The van der Waals surface area contributed by atoms with Crippen molar-refractivity contribution in [3.05, 3.63) is 57.8 Å². The van der Waals surface area contributed by atoms with E-state index in [9.17, 15) is 4.79 Å². The van der Waals surface area contributed by atoms with E-state index in [-0.39, 0.29) is 5.97 Å². The Labute approximate surface area is 146 Å². The van der Waals surface area contributed by atoms with Gasteiger partial charge < -0.3 is 15.4 Å². The molecule has 0 radical (unpaired) electrons. The molecule has 0 aliphatic rings. The van der Waals surface area contributed by atoms with Crippen molar-refractivity contribution >= 4 is 23.3 Å². The first-order valence-electron chi connectivity index (χ1n) is 7.94. The molecule has 1 aromatic carbocycles.